The van der Waals surface area contributed by atoms with E-state index in [-0.39, 0.29) is 11.8 Å². The van der Waals surface area contributed by atoms with E-state index in [1.807, 2.05) is 13.8 Å². The molecular weight excluding hydrogens is 206 g/mol. The van der Waals surface area contributed by atoms with Crippen LogP contribution in [0.3, 0.4) is 0 Å². The normalized spacial score (nSPS) is 12.5. The van der Waals surface area contributed by atoms with Crippen molar-refractivity contribution in [1.29, 1.82) is 0 Å². The Bertz CT molecular complexity index is 229. The van der Waals surface area contributed by atoms with Crippen molar-refractivity contribution in [2.45, 2.75) is 45.6 Å². The minimum absolute atomic E-state index is 0.0190. The molecule has 0 aromatic heterocycles. The van der Waals surface area contributed by atoms with E-state index in [0.29, 0.717) is 13.0 Å². The van der Waals surface area contributed by atoms with E-state index >= 15 is 0 Å². The Morgan fingerprint density at radius 2 is 1.81 bits per heavy atom. The number of amides is 2. The zero-order valence-corrected chi connectivity index (χ0v) is 10.2. The van der Waals surface area contributed by atoms with Crippen molar-refractivity contribution in [2.75, 3.05) is 6.54 Å². The van der Waals surface area contributed by atoms with Gasteiger partial charge in [0, 0.05) is 6.42 Å². The lowest BCUT2D eigenvalue weighted by atomic mass is 10.0. The molecule has 0 aliphatic rings. The molecule has 0 fully saturated rings. The van der Waals surface area contributed by atoms with Gasteiger partial charge in [0.1, 0.15) is 6.04 Å². The highest BCUT2D eigenvalue weighted by Gasteiger charge is 2.20. The maximum atomic E-state index is 11.5. The minimum Gasteiger partial charge on any atom is -0.368 e. The van der Waals surface area contributed by atoms with E-state index in [1.54, 1.807) is 0 Å². The zero-order valence-electron chi connectivity index (χ0n) is 10.2. The first-order chi connectivity index (χ1) is 7.49. The van der Waals surface area contributed by atoms with Crippen LogP contribution >= 0.6 is 0 Å². The van der Waals surface area contributed by atoms with Gasteiger partial charge >= 0.3 is 0 Å². The Hall–Kier alpha value is -1.10. The number of carbonyl (C=O) groups excluding carboxylic acids is 2. The van der Waals surface area contributed by atoms with E-state index in [0.717, 1.165) is 19.3 Å². The predicted molar refractivity (Wildman–Crippen MR) is 63.5 cm³/mol. The van der Waals surface area contributed by atoms with Gasteiger partial charge in [0.15, 0.2) is 0 Å². The van der Waals surface area contributed by atoms with Crippen molar-refractivity contribution in [2.24, 2.45) is 17.4 Å². The van der Waals surface area contributed by atoms with E-state index in [9.17, 15) is 9.59 Å². The maximum absolute atomic E-state index is 11.5. The first-order valence-electron chi connectivity index (χ1n) is 5.77. The summed E-state index contributed by atoms with van der Waals surface area (Å²) in [6.07, 6.45) is 3.09. The molecule has 5 heteroatoms. The number of unbranched alkanes of at least 4 members (excludes halogenated alkanes) is 2. The van der Waals surface area contributed by atoms with Crippen molar-refractivity contribution in [3.05, 3.63) is 0 Å². The van der Waals surface area contributed by atoms with Crippen LogP contribution in [-0.4, -0.2) is 24.4 Å². The third-order valence-corrected chi connectivity index (χ3v) is 2.40. The van der Waals surface area contributed by atoms with Gasteiger partial charge < -0.3 is 16.8 Å². The standard InChI is InChI=1S/C11H23N3O2/c1-8(2)10(11(13)16)14-9(15)6-4-3-5-7-12/h8,10H,3-7,12H2,1-2H3,(H2,13,16)(H,14,15). The summed E-state index contributed by atoms with van der Waals surface area (Å²) in [7, 11) is 0. The number of carbonyl (C=O) groups is 2. The highest BCUT2D eigenvalue weighted by Crippen LogP contribution is 2.03. The number of rotatable bonds is 8. The minimum atomic E-state index is -0.568. The smallest absolute Gasteiger partial charge is 0.240 e. The Morgan fingerprint density at radius 1 is 1.19 bits per heavy atom. The molecule has 0 saturated heterocycles. The fraction of sp³-hybridized carbons (Fsp3) is 0.818. The second kappa shape index (κ2) is 8.10. The van der Waals surface area contributed by atoms with Crippen LogP contribution < -0.4 is 16.8 Å². The van der Waals surface area contributed by atoms with Crippen LogP contribution in [0, 0.1) is 5.92 Å². The average molecular weight is 229 g/mol. The van der Waals surface area contributed by atoms with Crippen LogP contribution in [0.25, 0.3) is 0 Å². The van der Waals surface area contributed by atoms with Gasteiger partial charge in [-0.2, -0.15) is 0 Å². The highest BCUT2D eigenvalue weighted by molar-refractivity contribution is 5.86. The third-order valence-electron chi connectivity index (χ3n) is 2.40. The van der Waals surface area contributed by atoms with Gasteiger partial charge in [-0.1, -0.05) is 20.3 Å². The van der Waals surface area contributed by atoms with Crippen LogP contribution in [0.15, 0.2) is 0 Å². The van der Waals surface area contributed by atoms with Gasteiger partial charge in [0.05, 0.1) is 0 Å². The summed E-state index contributed by atoms with van der Waals surface area (Å²) < 4.78 is 0. The average Bonchev–Trinajstić information content (AvgIpc) is 2.20. The van der Waals surface area contributed by atoms with Crippen LogP contribution in [0.1, 0.15) is 39.5 Å². The predicted octanol–water partition coefficient (Wildman–Crippen LogP) is 0.132. The van der Waals surface area contributed by atoms with Crippen molar-refractivity contribution < 1.29 is 9.59 Å². The molecule has 0 aliphatic carbocycles. The molecule has 0 aliphatic heterocycles. The largest absolute Gasteiger partial charge is 0.368 e. The van der Waals surface area contributed by atoms with E-state index in [4.69, 9.17) is 11.5 Å². The fourth-order valence-electron chi connectivity index (χ4n) is 1.42. The lowest BCUT2D eigenvalue weighted by molar-refractivity contribution is -0.128. The molecule has 0 aromatic rings. The Labute approximate surface area is 96.9 Å². The van der Waals surface area contributed by atoms with Crippen molar-refractivity contribution in [3.8, 4) is 0 Å². The molecule has 0 aromatic carbocycles. The quantitative estimate of drug-likeness (QED) is 0.516. The SMILES string of the molecule is CC(C)C(NC(=O)CCCCCN)C(N)=O. The van der Waals surface area contributed by atoms with Gasteiger partial charge in [0.25, 0.3) is 0 Å². The topological polar surface area (TPSA) is 98.2 Å². The first-order valence-corrected chi connectivity index (χ1v) is 5.77. The number of hydrogen-bond donors (Lipinski definition) is 3. The fourth-order valence-corrected chi connectivity index (χ4v) is 1.42. The van der Waals surface area contributed by atoms with Gasteiger partial charge in [-0.15, -0.1) is 0 Å². The molecule has 2 amide bonds. The van der Waals surface area contributed by atoms with Crippen molar-refractivity contribution in [3.63, 3.8) is 0 Å². The third kappa shape index (κ3) is 6.40. The lowest BCUT2D eigenvalue weighted by Gasteiger charge is -2.18. The summed E-state index contributed by atoms with van der Waals surface area (Å²) in [5.41, 5.74) is 10.5. The molecule has 0 spiro atoms. The van der Waals surface area contributed by atoms with Crippen LogP contribution in [0.2, 0.25) is 0 Å². The van der Waals surface area contributed by atoms with Crippen LogP contribution in [0.4, 0.5) is 0 Å². The number of nitrogens with two attached hydrogens (primary N) is 2. The second-order valence-electron chi connectivity index (χ2n) is 4.29. The molecule has 5 N–H and O–H groups in total. The number of hydrogen-bond acceptors (Lipinski definition) is 3. The summed E-state index contributed by atoms with van der Waals surface area (Å²) in [4.78, 5) is 22.5. The van der Waals surface area contributed by atoms with Crippen LogP contribution in [0.5, 0.6) is 0 Å². The molecule has 16 heavy (non-hydrogen) atoms. The number of primary amides is 1. The number of nitrogens with one attached hydrogen (secondary N) is 1. The summed E-state index contributed by atoms with van der Waals surface area (Å²) in [5.74, 6) is -0.578. The van der Waals surface area contributed by atoms with E-state index in [1.165, 1.54) is 0 Å². The van der Waals surface area contributed by atoms with Crippen molar-refractivity contribution in [1.82, 2.24) is 5.32 Å². The van der Waals surface area contributed by atoms with Gasteiger partial charge in [-0.3, -0.25) is 9.59 Å². The molecule has 1 unspecified atom stereocenters. The van der Waals surface area contributed by atoms with Crippen molar-refractivity contribution >= 4 is 11.8 Å². The molecule has 94 valence electrons. The van der Waals surface area contributed by atoms with E-state index in [2.05, 4.69) is 5.32 Å². The second-order valence-corrected chi connectivity index (χ2v) is 4.29. The van der Waals surface area contributed by atoms with Gasteiger partial charge in [-0.05, 0) is 25.3 Å². The first kappa shape index (κ1) is 14.9. The highest BCUT2D eigenvalue weighted by atomic mass is 16.2. The molecule has 0 bridgehead atoms. The lowest BCUT2D eigenvalue weighted by Crippen LogP contribution is -2.47. The monoisotopic (exact) mass is 229 g/mol. The van der Waals surface area contributed by atoms with Crippen LogP contribution in [-0.2, 0) is 9.59 Å². The molecule has 5 nitrogen and oxygen atoms in total. The molecule has 0 saturated carbocycles. The summed E-state index contributed by atoms with van der Waals surface area (Å²) in [6.45, 7) is 4.35. The summed E-state index contributed by atoms with van der Waals surface area (Å²) in [5, 5.41) is 2.65. The summed E-state index contributed by atoms with van der Waals surface area (Å²) >= 11 is 0. The van der Waals surface area contributed by atoms with Gasteiger partial charge in [-0.25, -0.2) is 0 Å². The Balaban J connectivity index is 3.87. The summed E-state index contributed by atoms with van der Waals surface area (Å²) in [6, 6.07) is -0.568. The Kier molecular flexibility index (Phi) is 7.54. The molecule has 0 radical (unpaired) electrons. The molecule has 0 rings (SSSR count). The van der Waals surface area contributed by atoms with Gasteiger partial charge in [0.2, 0.25) is 11.8 Å². The molecular formula is C11H23N3O2. The van der Waals surface area contributed by atoms with E-state index < -0.39 is 11.9 Å². The molecule has 0 heterocycles. The molecule has 1 atom stereocenters. The zero-order chi connectivity index (χ0) is 12.6. The maximum Gasteiger partial charge on any atom is 0.240 e. The Morgan fingerprint density at radius 3 is 2.25 bits per heavy atom.